The zero-order chi connectivity index (χ0) is 21.2. The van der Waals surface area contributed by atoms with Crippen LogP contribution in [0, 0.1) is 5.92 Å². The van der Waals surface area contributed by atoms with E-state index in [1.807, 2.05) is 0 Å². The number of alkyl halides is 3. The molecule has 0 radical (unpaired) electrons. The van der Waals surface area contributed by atoms with E-state index in [0.29, 0.717) is 0 Å². The first-order chi connectivity index (χ1) is 13.6. The van der Waals surface area contributed by atoms with Crippen molar-refractivity contribution >= 4 is 11.3 Å². The highest BCUT2D eigenvalue weighted by molar-refractivity contribution is 5.60. The molecule has 160 valence electrons. The Morgan fingerprint density at radius 3 is 2.48 bits per heavy atom. The lowest BCUT2D eigenvalue weighted by molar-refractivity contribution is -0.0348. The van der Waals surface area contributed by atoms with E-state index >= 15 is 4.39 Å². The number of fused-ring (bicyclic) bond motifs is 1. The summed E-state index contributed by atoms with van der Waals surface area (Å²) in [4.78, 5) is 28.6. The quantitative estimate of drug-likeness (QED) is 0.689. The highest BCUT2D eigenvalue weighted by atomic mass is 19.3. The van der Waals surface area contributed by atoms with Crippen LogP contribution in [0.15, 0.2) is 9.59 Å². The van der Waals surface area contributed by atoms with Crippen LogP contribution in [-0.2, 0) is 4.74 Å². The maximum Gasteiger partial charge on any atom is 0.329 e. The average molecular weight is 414 g/mol. The number of aromatic nitrogens is 2. The topological polar surface area (TPSA) is 93.3 Å². The van der Waals surface area contributed by atoms with E-state index < -0.39 is 47.9 Å². The van der Waals surface area contributed by atoms with Crippen LogP contribution in [0.4, 0.5) is 13.2 Å². The van der Waals surface area contributed by atoms with Gasteiger partial charge in [0.15, 0.2) is 0 Å². The Balaban J connectivity index is 1.97. The third-order valence-electron chi connectivity index (χ3n) is 6.28. The molecule has 1 saturated heterocycles. The fourth-order valence-electron chi connectivity index (χ4n) is 4.66. The molecule has 0 aromatic carbocycles. The molecular weight excluding hydrogens is 389 g/mol. The van der Waals surface area contributed by atoms with Crippen molar-refractivity contribution in [2.24, 2.45) is 11.7 Å². The number of nitrogens with two attached hydrogens (primary N) is 1. The minimum absolute atomic E-state index is 0.0364. The minimum atomic E-state index is -3.08. The summed E-state index contributed by atoms with van der Waals surface area (Å²) in [6, 6.07) is -2.06. The number of aromatic amines is 1. The fourth-order valence-corrected chi connectivity index (χ4v) is 4.66. The number of ether oxygens (including phenoxy) is 1. The van der Waals surface area contributed by atoms with Gasteiger partial charge in [-0.05, 0) is 32.3 Å². The summed E-state index contributed by atoms with van der Waals surface area (Å²) in [7, 11) is 1.31. The van der Waals surface area contributed by atoms with E-state index in [1.165, 1.54) is 30.4 Å². The smallest absolute Gasteiger partial charge is 0.329 e. The zero-order valence-electron chi connectivity index (χ0n) is 16.5. The lowest BCUT2D eigenvalue weighted by Crippen LogP contribution is -2.62. The molecule has 29 heavy (non-hydrogen) atoms. The highest BCUT2D eigenvalue weighted by Crippen LogP contribution is 2.39. The molecule has 2 fully saturated rings. The number of rotatable bonds is 4. The van der Waals surface area contributed by atoms with Gasteiger partial charge in [-0.1, -0.05) is 0 Å². The number of halogens is 3. The number of likely N-dealkylation sites (tertiary alicyclic amines) is 1. The number of H-pyrrole nitrogens is 1. The van der Waals surface area contributed by atoms with E-state index in [0.717, 1.165) is 12.8 Å². The Kier molecular flexibility index (Phi) is 4.69. The van der Waals surface area contributed by atoms with Gasteiger partial charge in [0.05, 0.1) is 30.1 Å². The molecule has 1 aromatic rings. The normalized spacial score (nSPS) is 30.4. The van der Waals surface area contributed by atoms with Gasteiger partial charge in [-0.25, -0.2) is 18.0 Å². The number of nitrogens with zero attached hydrogens (tertiary/aromatic N) is 2. The van der Waals surface area contributed by atoms with Crippen molar-refractivity contribution in [2.45, 2.75) is 56.9 Å². The SMILES string of the molecule is COC1=c2c(c(=O)[nH]c(=O)n2C2CC2)=C(C)C(F)C1N1CC(C(C)N)C(F)(F)C1. The van der Waals surface area contributed by atoms with Crippen LogP contribution in [0.2, 0.25) is 0 Å². The van der Waals surface area contributed by atoms with Crippen LogP contribution in [0.1, 0.15) is 32.7 Å². The Morgan fingerprint density at radius 2 is 1.97 bits per heavy atom. The maximum absolute atomic E-state index is 15.5. The van der Waals surface area contributed by atoms with Crippen molar-refractivity contribution in [3.63, 3.8) is 0 Å². The van der Waals surface area contributed by atoms with E-state index in [2.05, 4.69) is 4.98 Å². The van der Waals surface area contributed by atoms with Crippen LogP contribution in [0.5, 0.6) is 0 Å². The second kappa shape index (κ2) is 6.73. The summed E-state index contributed by atoms with van der Waals surface area (Å²) in [6.45, 7) is 2.18. The first-order valence-corrected chi connectivity index (χ1v) is 9.73. The fraction of sp³-hybridized carbons (Fsp3) is 0.684. The van der Waals surface area contributed by atoms with Gasteiger partial charge in [0.1, 0.15) is 18.0 Å². The van der Waals surface area contributed by atoms with Gasteiger partial charge in [0, 0.05) is 18.6 Å². The zero-order valence-corrected chi connectivity index (χ0v) is 16.5. The Morgan fingerprint density at radius 1 is 1.31 bits per heavy atom. The molecule has 7 nitrogen and oxygen atoms in total. The van der Waals surface area contributed by atoms with Crippen LogP contribution < -0.4 is 27.6 Å². The summed E-state index contributed by atoms with van der Waals surface area (Å²) in [5, 5.41) is 0.250. The van der Waals surface area contributed by atoms with E-state index in [9.17, 15) is 18.4 Å². The van der Waals surface area contributed by atoms with Gasteiger partial charge >= 0.3 is 5.69 Å². The molecule has 1 saturated carbocycles. The van der Waals surface area contributed by atoms with Crippen LogP contribution in [0.25, 0.3) is 11.3 Å². The third kappa shape index (κ3) is 3.04. The molecule has 3 N–H and O–H groups in total. The van der Waals surface area contributed by atoms with Gasteiger partial charge in [0.2, 0.25) is 0 Å². The Labute approximate surface area is 164 Å². The molecule has 2 heterocycles. The molecule has 2 aliphatic carbocycles. The molecule has 0 spiro atoms. The molecule has 3 aliphatic rings. The summed E-state index contributed by atoms with van der Waals surface area (Å²) < 4.78 is 51.5. The largest absolute Gasteiger partial charge is 0.497 e. The molecule has 4 rings (SSSR count). The Hall–Kier alpha value is -2.07. The first kappa shape index (κ1) is 20.2. The molecule has 1 aromatic heterocycles. The summed E-state index contributed by atoms with van der Waals surface area (Å²) in [5.74, 6) is -4.17. The minimum Gasteiger partial charge on any atom is -0.497 e. The van der Waals surface area contributed by atoms with E-state index in [1.54, 1.807) is 0 Å². The molecule has 4 unspecified atom stereocenters. The molecule has 0 amide bonds. The number of hydrogen-bond acceptors (Lipinski definition) is 5. The summed E-state index contributed by atoms with van der Waals surface area (Å²) in [6.07, 6.45) is -0.245. The molecule has 1 aliphatic heterocycles. The van der Waals surface area contributed by atoms with Crippen molar-refractivity contribution < 1.29 is 17.9 Å². The van der Waals surface area contributed by atoms with Gasteiger partial charge in [0.25, 0.3) is 11.5 Å². The molecule has 10 heteroatoms. The number of hydrogen-bond donors (Lipinski definition) is 2. The van der Waals surface area contributed by atoms with Gasteiger partial charge in [-0.15, -0.1) is 0 Å². The van der Waals surface area contributed by atoms with Crippen molar-refractivity contribution in [2.75, 3.05) is 20.2 Å². The van der Waals surface area contributed by atoms with Crippen LogP contribution in [-0.4, -0.2) is 58.8 Å². The van der Waals surface area contributed by atoms with E-state index in [4.69, 9.17) is 10.5 Å². The summed E-state index contributed by atoms with van der Waals surface area (Å²) in [5.41, 5.74) is 4.55. The second-order valence-electron chi connectivity index (χ2n) is 8.34. The number of nitrogens with one attached hydrogen (secondary N) is 1. The predicted molar refractivity (Wildman–Crippen MR) is 101 cm³/mol. The average Bonchev–Trinajstić information content (AvgIpc) is 3.40. The monoisotopic (exact) mass is 414 g/mol. The van der Waals surface area contributed by atoms with Crippen LogP contribution >= 0.6 is 0 Å². The molecular formula is C19H25F3N4O3. The molecule has 0 bridgehead atoms. The molecule has 4 atom stereocenters. The summed E-state index contributed by atoms with van der Waals surface area (Å²) >= 11 is 0. The standard InChI is InChI=1S/C19H25F3N4O3/c1-8-12-14(26(10-4-5-10)18(28)24-17(12)27)16(29-3)15(13(8)20)25-6-11(9(2)23)19(21,22)7-25/h9-11,13,15H,4-7,23H2,1-3H3,(H,24,27,28). The third-order valence-corrected chi connectivity index (χ3v) is 6.28. The first-order valence-electron chi connectivity index (χ1n) is 9.73. The van der Waals surface area contributed by atoms with Gasteiger partial charge in [-0.2, -0.15) is 0 Å². The van der Waals surface area contributed by atoms with Crippen molar-refractivity contribution in [3.8, 4) is 0 Å². The Bertz CT molecular complexity index is 1070. The second-order valence-corrected chi connectivity index (χ2v) is 8.34. The van der Waals surface area contributed by atoms with Crippen molar-refractivity contribution in [3.05, 3.63) is 31.4 Å². The number of methoxy groups -OCH3 is 1. The maximum atomic E-state index is 15.5. The van der Waals surface area contributed by atoms with Gasteiger partial charge in [-0.3, -0.25) is 19.2 Å². The van der Waals surface area contributed by atoms with Crippen LogP contribution in [0.3, 0.4) is 0 Å². The predicted octanol–water partition coefficient (Wildman–Crippen LogP) is -0.569. The lowest BCUT2D eigenvalue weighted by Gasteiger charge is -2.34. The van der Waals surface area contributed by atoms with Crippen molar-refractivity contribution in [1.29, 1.82) is 0 Å². The van der Waals surface area contributed by atoms with Gasteiger partial charge < -0.3 is 10.5 Å². The van der Waals surface area contributed by atoms with E-state index in [-0.39, 0.29) is 34.5 Å². The van der Waals surface area contributed by atoms with Crippen molar-refractivity contribution in [1.82, 2.24) is 14.5 Å². The highest BCUT2D eigenvalue weighted by Gasteiger charge is 2.54. The lowest BCUT2D eigenvalue weighted by atomic mass is 9.94.